The van der Waals surface area contributed by atoms with Gasteiger partial charge in [-0.1, -0.05) is 6.07 Å². The predicted molar refractivity (Wildman–Crippen MR) is 92.2 cm³/mol. The van der Waals surface area contributed by atoms with Crippen molar-refractivity contribution in [3.8, 4) is 5.88 Å². The van der Waals surface area contributed by atoms with Crippen molar-refractivity contribution in [2.75, 3.05) is 13.1 Å². The Hall–Kier alpha value is -2.43. The van der Waals surface area contributed by atoms with Crippen molar-refractivity contribution in [1.82, 2.24) is 15.1 Å². The smallest absolute Gasteiger partial charge is 0.253 e. The second kappa shape index (κ2) is 6.99. The van der Waals surface area contributed by atoms with Crippen LogP contribution in [0.2, 0.25) is 0 Å². The summed E-state index contributed by atoms with van der Waals surface area (Å²) in [6.45, 7) is 7.33. The van der Waals surface area contributed by atoms with Crippen LogP contribution in [0, 0.1) is 20.8 Å². The summed E-state index contributed by atoms with van der Waals surface area (Å²) in [5.41, 5.74) is 3.94. The predicted octanol–water partition coefficient (Wildman–Crippen LogP) is 3.09. The molecule has 1 saturated heterocycles. The van der Waals surface area contributed by atoms with Crippen molar-refractivity contribution in [1.29, 1.82) is 0 Å². The van der Waals surface area contributed by atoms with Gasteiger partial charge in [0.05, 0.1) is 12.2 Å². The Bertz CT molecular complexity index is 728. The van der Waals surface area contributed by atoms with Crippen molar-refractivity contribution in [2.24, 2.45) is 0 Å². The number of aromatic nitrogens is 2. The monoisotopic (exact) mass is 325 g/mol. The molecule has 0 radical (unpaired) electrons. The molecule has 126 valence electrons. The van der Waals surface area contributed by atoms with E-state index in [1.165, 1.54) is 5.56 Å². The lowest BCUT2D eigenvalue weighted by Crippen LogP contribution is -2.44. The average molecular weight is 325 g/mol. The van der Waals surface area contributed by atoms with Gasteiger partial charge in [-0.05, 0) is 62.9 Å². The summed E-state index contributed by atoms with van der Waals surface area (Å²) < 4.78 is 5.90. The topological polar surface area (TPSA) is 55.3 Å². The van der Waals surface area contributed by atoms with Gasteiger partial charge in [-0.25, -0.2) is 0 Å². The second-order valence-electron chi connectivity index (χ2n) is 6.45. The van der Waals surface area contributed by atoms with E-state index in [0.717, 1.165) is 36.2 Å². The van der Waals surface area contributed by atoms with E-state index in [9.17, 15) is 4.79 Å². The van der Waals surface area contributed by atoms with Crippen LogP contribution in [0.25, 0.3) is 0 Å². The van der Waals surface area contributed by atoms with E-state index in [0.29, 0.717) is 12.4 Å². The molecule has 0 spiro atoms. The quantitative estimate of drug-likeness (QED) is 0.870. The van der Waals surface area contributed by atoms with E-state index < -0.39 is 0 Å². The number of rotatable bonds is 3. The summed E-state index contributed by atoms with van der Waals surface area (Å²) in [5, 5.41) is 8.05. The first-order chi connectivity index (χ1) is 11.5. The van der Waals surface area contributed by atoms with Crippen LogP contribution in [0.5, 0.6) is 5.88 Å². The number of carbonyl (C=O) groups is 1. The van der Waals surface area contributed by atoms with Gasteiger partial charge in [0.15, 0.2) is 0 Å². The molecule has 1 aliphatic heterocycles. The number of aryl methyl sites for hydroxylation is 3. The molecule has 1 amide bonds. The van der Waals surface area contributed by atoms with Gasteiger partial charge < -0.3 is 9.64 Å². The molecule has 3 rings (SSSR count). The third-order valence-electron chi connectivity index (χ3n) is 4.48. The Morgan fingerprint density at radius 2 is 1.96 bits per heavy atom. The molecule has 0 aliphatic carbocycles. The molecule has 5 heteroatoms. The number of amides is 1. The number of ether oxygens (including phenoxy) is 1. The molecule has 1 aliphatic rings. The van der Waals surface area contributed by atoms with Crippen molar-refractivity contribution in [2.45, 2.75) is 39.7 Å². The Morgan fingerprint density at radius 3 is 2.67 bits per heavy atom. The van der Waals surface area contributed by atoms with E-state index in [1.807, 2.05) is 49.1 Å². The largest absolute Gasteiger partial charge is 0.471 e. The molecule has 1 unspecified atom stereocenters. The zero-order chi connectivity index (χ0) is 17.1. The van der Waals surface area contributed by atoms with Gasteiger partial charge in [0.2, 0.25) is 5.88 Å². The fourth-order valence-electron chi connectivity index (χ4n) is 2.90. The van der Waals surface area contributed by atoms with Crippen molar-refractivity contribution >= 4 is 5.91 Å². The van der Waals surface area contributed by atoms with Gasteiger partial charge in [-0.2, -0.15) is 5.10 Å². The van der Waals surface area contributed by atoms with Gasteiger partial charge in [-0.3, -0.25) is 4.79 Å². The molecular weight excluding hydrogens is 302 g/mol. The summed E-state index contributed by atoms with van der Waals surface area (Å²) in [4.78, 5) is 14.6. The zero-order valence-corrected chi connectivity index (χ0v) is 14.5. The molecule has 2 heterocycles. The highest BCUT2D eigenvalue weighted by Crippen LogP contribution is 2.19. The minimum absolute atomic E-state index is 0.0359. The Morgan fingerprint density at radius 1 is 1.12 bits per heavy atom. The number of piperidine rings is 1. The third kappa shape index (κ3) is 3.72. The molecule has 1 aromatic carbocycles. The maximum Gasteiger partial charge on any atom is 0.253 e. The first-order valence-corrected chi connectivity index (χ1v) is 8.36. The van der Waals surface area contributed by atoms with Crippen LogP contribution in [-0.2, 0) is 0 Å². The first kappa shape index (κ1) is 16.4. The molecule has 24 heavy (non-hydrogen) atoms. The Balaban J connectivity index is 1.67. The number of carbonyl (C=O) groups excluding carboxylic acids is 1. The molecule has 0 saturated carbocycles. The molecule has 1 atom stereocenters. The minimum Gasteiger partial charge on any atom is -0.471 e. The van der Waals surface area contributed by atoms with Crippen LogP contribution in [0.4, 0.5) is 0 Å². The molecule has 2 aromatic rings. The number of hydrogen-bond acceptors (Lipinski definition) is 4. The maximum absolute atomic E-state index is 12.7. The average Bonchev–Trinajstić information content (AvgIpc) is 2.59. The number of nitrogens with zero attached hydrogens (tertiary/aromatic N) is 3. The third-order valence-corrected chi connectivity index (χ3v) is 4.48. The lowest BCUT2D eigenvalue weighted by atomic mass is 10.0. The highest BCUT2D eigenvalue weighted by molar-refractivity contribution is 5.94. The van der Waals surface area contributed by atoms with Crippen LogP contribution >= 0.6 is 0 Å². The van der Waals surface area contributed by atoms with Gasteiger partial charge in [-0.15, -0.1) is 5.10 Å². The van der Waals surface area contributed by atoms with Crippen LogP contribution in [0.1, 0.15) is 40.0 Å². The number of hydrogen-bond donors (Lipinski definition) is 0. The van der Waals surface area contributed by atoms with Crippen LogP contribution in [0.15, 0.2) is 30.3 Å². The summed E-state index contributed by atoms with van der Waals surface area (Å²) in [7, 11) is 0. The summed E-state index contributed by atoms with van der Waals surface area (Å²) in [5.74, 6) is 0.590. The van der Waals surface area contributed by atoms with E-state index >= 15 is 0 Å². The lowest BCUT2D eigenvalue weighted by molar-refractivity contribution is 0.0525. The molecular formula is C19H23N3O2. The maximum atomic E-state index is 12.7. The van der Waals surface area contributed by atoms with Gasteiger partial charge in [0.25, 0.3) is 5.91 Å². The van der Waals surface area contributed by atoms with Gasteiger partial charge in [0.1, 0.15) is 6.10 Å². The normalized spacial score (nSPS) is 17.6. The van der Waals surface area contributed by atoms with Gasteiger partial charge in [0, 0.05) is 18.2 Å². The molecule has 1 aromatic heterocycles. The van der Waals surface area contributed by atoms with Crippen LogP contribution in [-0.4, -0.2) is 40.2 Å². The van der Waals surface area contributed by atoms with Crippen molar-refractivity contribution < 1.29 is 9.53 Å². The SMILES string of the molecule is Cc1ccc(OC2CCCN(C(=O)c3ccc(C)c(C)c3)C2)nn1. The van der Waals surface area contributed by atoms with Crippen LogP contribution in [0.3, 0.4) is 0 Å². The van der Waals surface area contributed by atoms with E-state index in [2.05, 4.69) is 17.1 Å². The molecule has 0 bridgehead atoms. The fraction of sp³-hybridized carbons (Fsp3) is 0.421. The van der Waals surface area contributed by atoms with E-state index in [1.54, 1.807) is 0 Å². The lowest BCUT2D eigenvalue weighted by Gasteiger charge is -2.32. The Kier molecular flexibility index (Phi) is 4.79. The number of likely N-dealkylation sites (tertiary alicyclic amines) is 1. The Labute approximate surface area is 142 Å². The molecule has 0 N–H and O–H groups in total. The van der Waals surface area contributed by atoms with Crippen molar-refractivity contribution in [3.05, 3.63) is 52.7 Å². The van der Waals surface area contributed by atoms with Crippen LogP contribution < -0.4 is 4.74 Å². The van der Waals surface area contributed by atoms with Gasteiger partial charge >= 0.3 is 0 Å². The first-order valence-electron chi connectivity index (χ1n) is 8.36. The summed E-state index contributed by atoms with van der Waals surface area (Å²) in [6.07, 6.45) is 1.82. The highest BCUT2D eigenvalue weighted by atomic mass is 16.5. The standard InChI is InChI=1S/C19H23N3O2/c1-13-6-8-16(11-14(13)2)19(23)22-10-4-5-17(12-22)24-18-9-7-15(3)20-21-18/h6-9,11,17H,4-5,10,12H2,1-3H3. The van der Waals surface area contributed by atoms with E-state index in [-0.39, 0.29) is 12.0 Å². The molecule has 5 nitrogen and oxygen atoms in total. The summed E-state index contributed by atoms with van der Waals surface area (Å²) in [6, 6.07) is 9.58. The second-order valence-corrected chi connectivity index (χ2v) is 6.45. The zero-order valence-electron chi connectivity index (χ0n) is 14.5. The summed E-state index contributed by atoms with van der Waals surface area (Å²) >= 11 is 0. The van der Waals surface area contributed by atoms with E-state index in [4.69, 9.17) is 4.74 Å². The van der Waals surface area contributed by atoms with Crippen molar-refractivity contribution in [3.63, 3.8) is 0 Å². The highest BCUT2D eigenvalue weighted by Gasteiger charge is 2.26. The number of benzene rings is 1. The fourth-order valence-corrected chi connectivity index (χ4v) is 2.90. The minimum atomic E-state index is -0.0359. The molecule has 1 fully saturated rings.